The molecule has 0 fully saturated rings. The third-order valence-electron chi connectivity index (χ3n) is 5.68. The predicted octanol–water partition coefficient (Wildman–Crippen LogP) is 4.02. The van der Waals surface area contributed by atoms with Gasteiger partial charge in [-0.3, -0.25) is 14.6 Å². The second-order valence-corrected chi connectivity index (χ2v) is 10.9. The van der Waals surface area contributed by atoms with Crippen LogP contribution in [0, 0.1) is 6.92 Å². The first-order chi connectivity index (χ1) is 16.2. The van der Waals surface area contributed by atoms with Crippen LogP contribution < -0.4 is 20.7 Å². The topological polar surface area (TPSA) is 95.3 Å². The Hall–Kier alpha value is -3.12. The van der Waals surface area contributed by atoms with E-state index in [9.17, 15) is 14.6 Å². The van der Waals surface area contributed by atoms with E-state index in [1.807, 2.05) is 32.0 Å². The number of aryl methyl sites for hydroxylation is 2. The second kappa shape index (κ2) is 9.63. The molecule has 1 unspecified atom stereocenters. The maximum absolute atomic E-state index is 14.5. The first-order valence-corrected chi connectivity index (χ1v) is 12.8. The lowest BCUT2D eigenvalue weighted by Gasteiger charge is -2.19. The van der Waals surface area contributed by atoms with Crippen molar-refractivity contribution in [3.63, 3.8) is 0 Å². The van der Waals surface area contributed by atoms with Crippen LogP contribution in [0.2, 0.25) is 5.02 Å². The average Bonchev–Trinajstić information content (AvgIpc) is 3.21. The molecule has 9 heteroatoms. The zero-order valence-electron chi connectivity index (χ0n) is 19.1. The van der Waals surface area contributed by atoms with Gasteiger partial charge in [0.25, 0.3) is 13.3 Å². The molecule has 4 rings (SSSR count). The number of carbonyl (C=O) groups is 1. The van der Waals surface area contributed by atoms with Gasteiger partial charge in [-0.2, -0.15) is 0 Å². The number of pyridine rings is 1. The smallest absolute Gasteiger partial charge is 0.268 e. The Morgan fingerprint density at radius 2 is 2.00 bits per heavy atom. The lowest BCUT2D eigenvalue weighted by molar-refractivity contribution is -0.905. The van der Waals surface area contributed by atoms with Crippen LogP contribution >= 0.6 is 19.0 Å². The van der Waals surface area contributed by atoms with Crippen molar-refractivity contribution in [2.75, 3.05) is 7.11 Å². The Balaban J connectivity index is 1.86. The summed E-state index contributed by atoms with van der Waals surface area (Å²) in [6.07, 6.45) is 3.74. The molecule has 0 radical (unpaired) electrons. The lowest BCUT2D eigenvalue weighted by Crippen LogP contribution is -2.32. The maximum Gasteiger partial charge on any atom is 0.268 e. The molecule has 0 aliphatic carbocycles. The largest absolute Gasteiger partial charge is 0.350 e. The minimum Gasteiger partial charge on any atom is -0.350 e. The van der Waals surface area contributed by atoms with Crippen molar-refractivity contribution in [3.05, 3.63) is 88.3 Å². The number of hydrogen-bond acceptors (Lipinski definition) is 4. The molecular formula is C25H26ClN3O4P+. The molecule has 0 saturated heterocycles. The SMILES string of the molecule is CCc1cc(C)cc(P(=O)(OC)c2c(C(=O)NCc3ccc[n+](O)c3)[nH]c3ccc(Cl)cc23)c1. The molecule has 0 aliphatic rings. The third-order valence-corrected chi connectivity index (χ3v) is 8.42. The number of nitrogens with one attached hydrogen (secondary N) is 2. The number of benzene rings is 2. The van der Waals surface area contributed by atoms with Crippen LogP contribution in [0.15, 0.2) is 60.9 Å². The second-order valence-electron chi connectivity index (χ2n) is 8.08. The van der Waals surface area contributed by atoms with Crippen molar-refractivity contribution >= 4 is 46.4 Å². The molecule has 2 heterocycles. The molecule has 2 aromatic carbocycles. The lowest BCUT2D eigenvalue weighted by atomic mass is 10.1. The van der Waals surface area contributed by atoms with Gasteiger partial charge in [-0.1, -0.05) is 30.2 Å². The monoisotopic (exact) mass is 498 g/mol. The average molecular weight is 499 g/mol. The van der Waals surface area contributed by atoms with Crippen molar-refractivity contribution in [3.8, 4) is 0 Å². The Labute approximate surface area is 202 Å². The van der Waals surface area contributed by atoms with E-state index < -0.39 is 13.3 Å². The minimum atomic E-state index is -3.68. The molecular weight excluding hydrogens is 473 g/mol. The molecule has 4 aromatic rings. The van der Waals surface area contributed by atoms with E-state index in [1.54, 1.807) is 30.3 Å². The molecule has 1 amide bonds. The van der Waals surface area contributed by atoms with Gasteiger partial charge in [0.15, 0.2) is 0 Å². The third kappa shape index (κ3) is 4.60. The van der Waals surface area contributed by atoms with Gasteiger partial charge in [0.05, 0.1) is 5.30 Å². The number of halogens is 1. The standard InChI is InChI=1S/C25H25ClN3O4P/c1-4-17-10-16(2)11-20(12-17)34(32,33-3)24-21-13-19(26)7-8-22(21)28-23(24)25(30)27-14-18-6-5-9-29(31)15-18/h5-13,15H,4,14H2,1-3H3,(H2-,27,28,30,31,32)/p+1. The van der Waals surface area contributed by atoms with E-state index in [-0.39, 0.29) is 17.5 Å². The molecule has 1 atom stereocenters. The van der Waals surface area contributed by atoms with E-state index >= 15 is 0 Å². The van der Waals surface area contributed by atoms with E-state index in [4.69, 9.17) is 16.1 Å². The zero-order valence-corrected chi connectivity index (χ0v) is 20.8. The van der Waals surface area contributed by atoms with Crippen LogP contribution in [-0.2, 0) is 22.1 Å². The van der Waals surface area contributed by atoms with E-state index in [0.29, 0.717) is 26.8 Å². The van der Waals surface area contributed by atoms with Crippen molar-refractivity contribution in [2.45, 2.75) is 26.8 Å². The summed E-state index contributed by atoms with van der Waals surface area (Å²) in [5.74, 6) is -0.448. The van der Waals surface area contributed by atoms with Gasteiger partial charge in [-0.15, -0.1) is 0 Å². The predicted molar refractivity (Wildman–Crippen MR) is 133 cm³/mol. The van der Waals surface area contributed by atoms with Crippen molar-refractivity contribution in [2.24, 2.45) is 0 Å². The van der Waals surface area contributed by atoms with Crippen molar-refractivity contribution in [1.82, 2.24) is 10.3 Å². The highest BCUT2D eigenvalue weighted by Crippen LogP contribution is 2.47. The quantitative estimate of drug-likeness (QED) is 0.204. The fourth-order valence-corrected chi connectivity index (χ4v) is 6.53. The highest BCUT2D eigenvalue weighted by Gasteiger charge is 2.36. The molecule has 176 valence electrons. The summed E-state index contributed by atoms with van der Waals surface area (Å²) in [4.78, 5) is 16.5. The van der Waals surface area contributed by atoms with Gasteiger partial charge < -0.3 is 14.8 Å². The number of aromatic amines is 1. The summed E-state index contributed by atoms with van der Waals surface area (Å²) in [5, 5.41) is 14.3. The van der Waals surface area contributed by atoms with E-state index in [2.05, 4.69) is 10.3 Å². The van der Waals surface area contributed by atoms with Crippen LogP contribution in [0.3, 0.4) is 0 Å². The summed E-state index contributed by atoms with van der Waals surface area (Å²) in [6, 6.07) is 14.3. The normalized spacial score (nSPS) is 13.1. The number of hydrogen-bond donors (Lipinski definition) is 3. The van der Waals surface area contributed by atoms with Gasteiger partial charge in [0.2, 0.25) is 12.4 Å². The van der Waals surface area contributed by atoms with Crippen LogP contribution in [0.25, 0.3) is 10.9 Å². The fraction of sp³-hybridized carbons (Fsp3) is 0.200. The Bertz CT molecular complexity index is 1430. The summed E-state index contributed by atoms with van der Waals surface area (Å²) in [7, 11) is -2.29. The number of rotatable bonds is 7. The minimum absolute atomic E-state index is 0.148. The van der Waals surface area contributed by atoms with Crippen molar-refractivity contribution < 1.29 is 23.8 Å². The highest BCUT2D eigenvalue weighted by atomic mass is 35.5. The van der Waals surface area contributed by atoms with Gasteiger partial charge in [0, 0.05) is 51.2 Å². The van der Waals surface area contributed by atoms with E-state index in [0.717, 1.165) is 22.3 Å². The van der Waals surface area contributed by atoms with Crippen molar-refractivity contribution in [1.29, 1.82) is 0 Å². The van der Waals surface area contributed by atoms with Gasteiger partial charge in [-0.05, 0) is 55.3 Å². The molecule has 34 heavy (non-hydrogen) atoms. The van der Waals surface area contributed by atoms with Gasteiger partial charge in [0.1, 0.15) is 5.69 Å². The van der Waals surface area contributed by atoms with Crippen LogP contribution in [0.5, 0.6) is 0 Å². The molecule has 0 bridgehead atoms. The molecule has 7 nitrogen and oxygen atoms in total. The maximum atomic E-state index is 14.5. The molecule has 0 spiro atoms. The summed E-state index contributed by atoms with van der Waals surface area (Å²) >= 11 is 6.28. The number of nitrogens with zero attached hydrogens (tertiary/aromatic N) is 1. The molecule has 0 aliphatic heterocycles. The Morgan fingerprint density at radius 1 is 1.21 bits per heavy atom. The summed E-state index contributed by atoms with van der Waals surface area (Å²) in [6.45, 7) is 4.13. The Kier molecular flexibility index (Phi) is 6.80. The number of amides is 1. The zero-order chi connectivity index (χ0) is 24.5. The number of H-pyrrole nitrogens is 1. The fourth-order valence-electron chi connectivity index (χ4n) is 4.05. The number of aromatic nitrogens is 2. The molecule has 3 N–H and O–H groups in total. The van der Waals surface area contributed by atoms with Gasteiger partial charge in [-0.25, -0.2) is 0 Å². The van der Waals surface area contributed by atoms with Gasteiger partial charge >= 0.3 is 0 Å². The van der Waals surface area contributed by atoms with Crippen LogP contribution in [0.4, 0.5) is 0 Å². The van der Waals surface area contributed by atoms with Crippen LogP contribution in [-0.4, -0.2) is 23.2 Å². The summed E-state index contributed by atoms with van der Waals surface area (Å²) < 4.78 is 21.2. The summed E-state index contributed by atoms with van der Waals surface area (Å²) in [5.41, 5.74) is 3.45. The Morgan fingerprint density at radius 3 is 2.71 bits per heavy atom. The highest BCUT2D eigenvalue weighted by molar-refractivity contribution is 7.75. The number of carbonyl (C=O) groups excluding carboxylic acids is 1. The first-order valence-electron chi connectivity index (χ1n) is 10.8. The molecule has 2 aromatic heterocycles. The number of fused-ring (bicyclic) bond motifs is 1. The van der Waals surface area contributed by atoms with Crippen LogP contribution in [0.1, 0.15) is 34.1 Å². The first kappa shape index (κ1) is 24.0. The van der Waals surface area contributed by atoms with E-state index in [1.165, 1.54) is 19.5 Å². The molecule has 0 saturated carbocycles.